The molecule has 0 aliphatic carbocycles. The maximum atomic E-state index is 15.0. The van der Waals surface area contributed by atoms with Gasteiger partial charge in [-0.15, -0.1) is 10.2 Å². The molecule has 0 radical (unpaired) electrons. The van der Waals surface area contributed by atoms with Crippen LogP contribution in [0.3, 0.4) is 0 Å². The van der Waals surface area contributed by atoms with Gasteiger partial charge in [-0.3, -0.25) is 9.59 Å². The molecular formula is C24H25FN4O3. The molecule has 1 aliphatic rings. The number of benzene rings is 2. The molecule has 0 N–H and O–H groups in total. The van der Waals surface area contributed by atoms with Crippen molar-refractivity contribution in [3.05, 3.63) is 65.8 Å². The van der Waals surface area contributed by atoms with E-state index in [0.717, 1.165) is 0 Å². The first-order valence-electron chi connectivity index (χ1n) is 10.6. The second kappa shape index (κ2) is 9.30. The number of likely N-dealkylation sites (tertiary alicyclic amines) is 1. The quantitative estimate of drug-likeness (QED) is 0.605. The van der Waals surface area contributed by atoms with Gasteiger partial charge in [-0.05, 0) is 37.1 Å². The van der Waals surface area contributed by atoms with Crippen LogP contribution in [0.2, 0.25) is 0 Å². The van der Waals surface area contributed by atoms with Gasteiger partial charge < -0.3 is 14.2 Å². The Kier molecular flexibility index (Phi) is 6.30. The van der Waals surface area contributed by atoms with Crippen molar-refractivity contribution in [3.63, 3.8) is 0 Å². The van der Waals surface area contributed by atoms with Gasteiger partial charge in [0.2, 0.25) is 23.6 Å². The van der Waals surface area contributed by atoms with Crippen molar-refractivity contribution in [1.29, 1.82) is 0 Å². The van der Waals surface area contributed by atoms with Crippen molar-refractivity contribution in [3.8, 4) is 11.5 Å². The van der Waals surface area contributed by atoms with Crippen molar-refractivity contribution >= 4 is 17.5 Å². The van der Waals surface area contributed by atoms with Crippen LogP contribution in [-0.4, -0.2) is 40.0 Å². The summed E-state index contributed by atoms with van der Waals surface area (Å²) in [6, 6.07) is 14.0. The molecule has 7 nitrogen and oxygen atoms in total. The highest BCUT2D eigenvalue weighted by Gasteiger charge is 2.30. The number of piperidine rings is 1. The van der Waals surface area contributed by atoms with Gasteiger partial charge in [0.05, 0.1) is 6.54 Å². The lowest BCUT2D eigenvalue weighted by Gasteiger charge is -2.34. The first-order valence-corrected chi connectivity index (χ1v) is 10.6. The number of para-hydroxylation sites is 1. The zero-order chi connectivity index (χ0) is 22.7. The Morgan fingerprint density at radius 2 is 1.84 bits per heavy atom. The molecule has 0 spiro atoms. The van der Waals surface area contributed by atoms with E-state index in [1.54, 1.807) is 35.8 Å². The number of aryl methyl sites for hydroxylation is 1. The van der Waals surface area contributed by atoms with Crippen molar-refractivity contribution in [2.45, 2.75) is 33.2 Å². The fourth-order valence-electron chi connectivity index (χ4n) is 3.96. The summed E-state index contributed by atoms with van der Waals surface area (Å²) in [5.41, 5.74) is 1.59. The van der Waals surface area contributed by atoms with Crippen LogP contribution in [0.25, 0.3) is 11.5 Å². The summed E-state index contributed by atoms with van der Waals surface area (Å²) in [6.07, 6.45) is 1.19. The Balaban J connectivity index is 1.57. The zero-order valence-corrected chi connectivity index (χ0v) is 18.1. The number of carbonyl (C=O) groups excluding carboxylic acids is 2. The molecule has 1 saturated heterocycles. The Morgan fingerprint density at radius 1 is 1.12 bits per heavy atom. The molecule has 3 aromatic rings. The number of hydrogen-bond donors (Lipinski definition) is 0. The Labute approximate surface area is 185 Å². The van der Waals surface area contributed by atoms with Gasteiger partial charge in [0.15, 0.2) is 0 Å². The second-order valence-electron chi connectivity index (χ2n) is 7.97. The number of rotatable bonds is 5. The molecule has 166 valence electrons. The number of nitrogens with zero attached hydrogens (tertiary/aromatic N) is 4. The first-order chi connectivity index (χ1) is 15.4. The molecule has 32 heavy (non-hydrogen) atoms. The molecule has 0 atom stereocenters. The van der Waals surface area contributed by atoms with E-state index in [1.165, 1.54) is 6.07 Å². The third-order valence-corrected chi connectivity index (χ3v) is 5.78. The minimum Gasteiger partial charge on any atom is -0.421 e. The SMILES string of the molecule is CC(=O)N1CCC(C(=O)N(Cc2ccc(-c3nnc(C)o3)cc2F)c2ccccc2)CC1. The van der Waals surface area contributed by atoms with Crippen LogP contribution in [-0.2, 0) is 16.1 Å². The Morgan fingerprint density at radius 3 is 2.44 bits per heavy atom. The minimum atomic E-state index is -0.446. The predicted molar refractivity (Wildman–Crippen MR) is 117 cm³/mol. The molecule has 2 heterocycles. The highest BCUT2D eigenvalue weighted by Crippen LogP contribution is 2.27. The third kappa shape index (κ3) is 4.69. The summed E-state index contributed by atoms with van der Waals surface area (Å²) in [5, 5.41) is 7.71. The smallest absolute Gasteiger partial charge is 0.247 e. The largest absolute Gasteiger partial charge is 0.421 e. The van der Waals surface area contributed by atoms with Crippen LogP contribution in [0.1, 0.15) is 31.2 Å². The average Bonchev–Trinajstić information content (AvgIpc) is 3.24. The van der Waals surface area contributed by atoms with Crippen LogP contribution in [0, 0.1) is 18.7 Å². The van der Waals surface area contributed by atoms with Gasteiger partial charge in [0.1, 0.15) is 5.82 Å². The number of amides is 2. The number of aromatic nitrogens is 2. The molecule has 1 fully saturated rings. The van der Waals surface area contributed by atoms with Crippen molar-refractivity contribution in [2.24, 2.45) is 5.92 Å². The van der Waals surface area contributed by atoms with E-state index in [0.29, 0.717) is 48.6 Å². The maximum Gasteiger partial charge on any atom is 0.247 e. The normalized spacial score (nSPS) is 14.4. The lowest BCUT2D eigenvalue weighted by Crippen LogP contribution is -2.43. The highest BCUT2D eigenvalue weighted by molar-refractivity contribution is 5.95. The summed E-state index contributed by atoms with van der Waals surface area (Å²) in [4.78, 5) is 28.4. The topological polar surface area (TPSA) is 79.5 Å². The summed E-state index contributed by atoms with van der Waals surface area (Å²) in [7, 11) is 0. The van der Waals surface area contributed by atoms with Crippen molar-refractivity contribution < 1.29 is 18.4 Å². The van der Waals surface area contributed by atoms with E-state index in [1.807, 2.05) is 30.3 Å². The third-order valence-electron chi connectivity index (χ3n) is 5.78. The fraction of sp³-hybridized carbons (Fsp3) is 0.333. The summed E-state index contributed by atoms with van der Waals surface area (Å²) in [6.45, 7) is 4.43. The molecular weight excluding hydrogens is 411 g/mol. The number of hydrogen-bond acceptors (Lipinski definition) is 5. The second-order valence-corrected chi connectivity index (χ2v) is 7.97. The standard InChI is InChI=1S/C24H25FN4O3/c1-16-26-27-23(32-16)19-8-9-20(22(25)14-19)15-29(21-6-4-3-5-7-21)24(31)18-10-12-28(13-11-18)17(2)30/h3-9,14,18H,10-13,15H2,1-2H3. The van der Waals surface area contributed by atoms with Gasteiger partial charge >= 0.3 is 0 Å². The molecule has 8 heteroatoms. The van der Waals surface area contributed by atoms with E-state index < -0.39 is 5.82 Å². The number of halogens is 1. The maximum absolute atomic E-state index is 15.0. The fourth-order valence-corrected chi connectivity index (χ4v) is 3.96. The summed E-state index contributed by atoms with van der Waals surface area (Å²) < 4.78 is 20.4. The van der Waals surface area contributed by atoms with Gasteiger partial charge in [-0.1, -0.05) is 24.3 Å². The molecule has 0 bridgehead atoms. The zero-order valence-electron chi connectivity index (χ0n) is 18.1. The molecule has 0 saturated carbocycles. The summed E-state index contributed by atoms with van der Waals surface area (Å²) in [5.74, 6) is -0.0415. The molecule has 4 rings (SSSR count). The van der Waals surface area contributed by atoms with Gasteiger partial charge in [-0.25, -0.2) is 4.39 Å². The number of carbonyl (C=O) groups is 2. The molecule has 1 aliphatic heterocycles. The van der Waals surface area contributed by atoms with Gasteiger partial charge in [-0.2, -0.15) is 0 Å². The molecule has 1 aromatic heterocycles. The van der Waals surface area contributed by atoms with Crippen molar-refractivity contribution in [1.82, 2.24) is 15.1 Å². The van der Waals surface area contributed by atoms with Crippen LogP contribution >= 0.6 is 0 Å². The summed E-state index contributed by atoms with van der Waals surface area (Å²) >= 11 is 0. The lowest BCUT2D eigenvalue weighted by atomic mass is 9.94. The molecule has 2 amide bonds. The van der Waals surface area contributed by atoms with Crippen LogP contribution < -0.4 is 4.90 Å². The first kappa shape index (κ1) is 21.7. The van der Waals surface area contributed by atoms with Gasteiger partial charge in [0.25, 0.3) is 0 Å². The molecule has 2 aromatic carbocycles. The van der Waals surface area contributed by atoms with Gasteiger partial charge in [0, 0.05) is 49.7 Å². The van der Waals surface area contributed by atoms with Crippen LogP contribution in [0.15, 0.2) is 52.9 Å². The van der Waals surface area contributed by atoms with E-state index in [2.05, 4.69) is 10.2 Å². The Bertz CT molecular complexity index is 1110. The minimum absolute atomic E-state index is 0.0226. The van der Waals surface area contributed by atoms with E-state index in [4.69, 9.17) is 4.42 Å². The lowest BCUT2D eigenvalue weighted by molar-refractivity contribution is -0.133. The van der Waals surface area contributed by atoms with E-state index in [-0.39, 0.29) is 30.2 Å². The Hall–Kier alpha value is -3.55. The van der Waals surface area contributed by atoms with Crippen LogP contribution in [0.4, 0.5) is 10.1 Å². The monoisotopic (exact) mass is 436 g/mol. The van der Waals surface area contributed by atoms with Crippen molar-refractivity contribution in [2.75, 3.05) is 18.0 Å². The van der Waals surface area contributed by atoms with Crippen LogP contribution in [0.5, 0.6) is 0 Å². The number of anilines is 1. The predicted octanol–water partition coefficient (Wildman–Crippen LogP) is 3.98. The van der Waals surface area contributed by atoms with E-state index >= 15 is 0 Å². The highest BCUT2D eigenvalue weighted by atomic mass is 19.1. The molecule has 0 unspecified atom stereocenters. The average molecular weight is 436 g/mol. The van der Waals surface area contributed by atoms with E-state index in [9.17, 15) is 14.0 Å².